The first-order chi connectivity index (χ1) is 11.5. The van der Waals surface area contributed by atoms with E-state index in [1.807, 2.05) is 30.0 Å². The van der Waals surface area contributed by atoms with Gasteiger partial charge >= 0.3 is 13.8 Å². The molecule has 1 aliphatic rings. The van der Waals surface area contributed by atoms with Crippen molar-refractivity contribution in [2.75, 3.05) is 51.4 Å². The summed E-state index contributed by atoms with van der Waals surface area (Å²) in [6.07, 6.45) is 0.0894. The van der Waals surface area contributed by atoms with Crippen LogP contribution in [0.1, 0.15) is 12.0 Å². The van der Waals surface area contributed by atoms with Gasteiger partial charge in [-0.05, 0) is 37.1 Å². The molecule has 0 aliphatic carbocycles. The van der Waals surface area contributed by atoms with Crippen molar-refractivity contribution in [1.29, 1.82) is 0 Å². The maximum Gasteiger partial charge on any atom is 0.530 e. The maximum atomic E-state index is 12.1. The molecular formula is C16H27N3O5P+. The minimum Gasteiger partial charge on any atom is -0.399 e. The van der Waals surface area contributed by atoms with E-state index in [1.165, 1.54) is 0 Å². The van der Waals surface area contributed by atoms with Gasteiger partial charge < -0.3 is 19.6 Å². The molecule has 3 N–H and O–H groups in total. The van der Waals surface area contributed by atoms with Crippen molar-refractivity contribution < 1.29 is 27.8 Å². The third-order valence-electron chi connectivity index (χ3n) is 3.87. The van der Waals surface area contributed by atoms with Gasteiger partial charge in [0, 0.05) is 24.5 Å². The molecule has 8 nitrogen and oxygen atoms in total. The zero-order valence-corrected chi connectivity index (χ0v) is 16.0. The Balaban J connectivity index is 1.92. The average molecular weight is 372 g/mol. The molecule has 2 rings (SSSR count). The molecule has 0 radical (unpaired) electrons. The number of hydrogen-bond acceptors (Lipinski definition) is 6. The van der Waals surface area contributed by atoms with E-state index in [2.05, 4.69) is 4.52 Å². The minimum atomic E-state index is -4.43. The summed E-state index contributed by atoms with van der Waals surface area (Å²) in [7, 11) is 0.931. The number of nitrogens with zero attached hydrogens (tertiary/aromatic N) is 2. The van der Waals surface area contributed by atoms with Gasteiger partial charge in [-0.25, -0.2) is 9.36 Å². The molecule has 1 heterocycles. The number of aryl methyl sites for hydroxylation is 1. The highest BCUT2D eigenvalue weighted by Gasteiger charge is 2.35. The van der Waals surface area contributed by atoms with E-state index in [0.29, 0.717) is 24.0 Å². The van der Waals surface area contributed by atoms with Gasteiger partial charge in [0.2, 0.25) is 0 Å². The molecule has 1 aromatic carbocycles. The van der Waals surface area contributed by atoms with Crippen molar-refractivity contribution >= 4 is 25.2 Å². The molecule has 0 saturated carbocycles. The molecule has 25 heavy (non-hydrogen) atoms. The van der Waals surface area contributed by atoms with E-state index in [0.717, 1.165) is 16.9 Å². The van der Waals surface area contributed by atoms with Crippen LogP contribution in [0.4, 0.5) is 11.4 Å². The Morgan fingerprint density at radius 2 is 2.12 bits per heavy atom. The second kappa shape index (κ2) is 7.33. The lowest BCUT2D eigenvalue weighted by atomic mass is 10.2. The first kappa shape index (κ1) is 19.7. The molecule has 1 fully saturated rings. The van der Waals surface area contributed by atoms with E-state index in [1.54, 1.807) is 21.1 Å². The van der Waals surface area contributed by atoms with E-state index < -0.39 is 19.9 Å². The smallest absolute Gasteiger partial charge is 0.399 e. The molecule has 1 aliphatic heterocycles. The molecule has 140 valence electrons. The normalized spacial score (nSPS) is 20.4. The van der Waals surface area contributed by atoms with Gasteiger partial charge in [0.15, 0.2) is 6.54 Å². The zero-order chi connectivity index (χ0) is 18.8. The number of phosphoric acid groups is 1. The van der Waals surface area contributed by atoms with Gasteiger partial charge in [-0.1, -0.05) is 0 Å². The number of nitrogen functional groups attached to an aromatic ring is 1. The maximum absolute atomic E-state index is 12.1. The lowest BCUT2D eigenvalue weighted by molar-refractivity contribution is -0.862. The van der Waals surface area contributed by atoms with Gasteiger partial charge in [-0.2, -0.15) is 0 Å². The highest BCUT2D eigenvalue weighted by atomic mass is 31.2. The lowest BCUT2D eigenvalue weighted by Crippen LogP contribution is -2.40. The lowest BCUT2D eigenvalue weighted by Gasteiger charge is -2.23. The predicted molar refractivity (Wildman–Crippen MR) is 96.1 cm³/mol. The summed E-state index contributed by atoms with van der Waals surface area (Å²) in [5, 5.41) is 0. The Bertz CT molecular complexity index is 689. The minimum absolute atomic E-state index is 0.0184. The number of carbonyl (C=O) groups is 1. The van der Waals surface area contributed by atoms with Crippen molar-refractivity contribution in [3.05, 3.63) is 23.8 Å². The number of rotatable bonds is 6. The Labute approximate surface area is 148 Å². The summed E-state index contributed by atoms with van der Waals surface area (Å²) < 4.78 is 22.2. The largest absolute Gasteiger partial charge is 0.530 e. The average Bonchev–Trinajstić information content (AvgIpc) is 2.86. The molecule has 0 spiro atoms. The van der Waals surface area contributed by atoms with Crippen molar-refractivity contribution in [3.8, 4) is 0 Å². The van der Waals surface area contributed by atoms with Crippen molar-refractivity contribution in [3.63, 3.8) is 0 Å². The standard InChI is InChI=1S/C16H26N3O5P/c1-12-9-13(5-6-15(12)17)18-8-7-14(10-18)23-25(21,22)24-16(20)11-19(2,3)4/h5-6,9,14H,7-8,10-11,17H2,1-4H3/p+1. The highest BCUT2D eigenvalue weighted by molar-refractivity contribution is 7.48. The van der Waals surface area contributed by atoms with Gasteiger partial charge in [-0.15, -0.1) is 0 Å². The number of carbonyl (C=O) groups excluding carboxylic acids is 1. The summed E-state index contributed by atoms with van der Waals surface area (Å²) in [6, 6.07) is 5.71. The van der Waals surface area contributed by atoms with Crippen LogP contribution >= 0.6 is 7.82 Å². The summed E-state index contributed by atoms with van der Waals surface area (Å²) in [4.78, 5) is 23.6. The molecule has 9 heteroatoms. The number of quaternary nitrogens is 1. The second-order valence-electron chi connectivity index (χ2n) is 7.38. The molecule has 0 bridgehead atoms. The fourth-order valence-corrected chi connectivity index (χ4v) is 3.57. The van der Waals surface area contributed by atoms with E-state index in [-0.39, 0.29) is 6.54 Å². The Kier molecular flexibility index (Phi) is 5.79. The van der Waals surface area contributed by atoms with Crippen LogP contribution in [-0.4, -0.2) is 62.2 Å². The van der Waals surface area contributed by atoms with Gasteiger partial charge in [-0.3, -0.25) is 9.42 Å². The number of nitrogens with two attached hydrogens (primary N) is 1. The number of phosphoric ester groups is 1. The fourth-order valence-electron chi connectivity index (χ4n) is 2.66. The highest BCUT2D eigenvalue weighted by Crippen LogP contribution is 2.46. The van der Waals surface area contributed by atoms with Crippen LogP contribution in [0.2, 0.25) is 0 Å². The van der Waals surface area contributed by atoms with Crippen LogP contribution in [0.25, 0.3) is 0 Å². The van der Waals surface area contributed by atoms with Crippen LogP contribution in [0, 0.1) is 6.92 Å². The van der Waals surface area contributed by atoms with E-state index in [9.17, 15) is 14.3 Å². The summed E-state index contributed by atoms with van der Waals surface area (Å²) in [5.74, 6) is -0.762. The molecule has 2 atom stereocenters. The number of likely N-dealkylation sites (N-methyl/N-ethyl adjacent to an activating group) is 1. The fraction of sp³-hybridized carbons (Fsp3) is 0.562. The summed E-state index contributed by atoms with van der Waals surface area (Å²) in [5.41, 5.74) is 8.50. The van der Waals surface area contributed by atoms with Crippen LogP contribution in [0.15, 0.2) is 18.2 Å². The molecule has 0 aromatic heterocycles. The van der Waals surface area contributed by atoms with E-state index >= 15 is 0 Å². The third-order valence-corrected chi connectivity index (χ3v) is 4.87. The summed E-state index contributed by atoms with van der Waals surface area (Å²) in [6.45, 7) is 3.04. The molecule has 2 unspecified atom stereocenters. The van der Waals surface area contributed by atoms with Crippen molar-refractivity contribution in [2.45, 2.75) is 19.4 Å². The van der Waals surface area contributed by atoms with Crippen LogP contribution in [0.3, 0.4) is 0 Å². The first-order valence-electron chi connectivity index (χ1n) is 8.10. The van der Waals surface area contributed by atoms with Crippen LogP contribution in [-0.2, 0) is 18.4 Å². The van der Waals surface area contributed by atoms with E-state index in [4.69, 9.17) is 10.3 Å². The molecular weight excluding hydrogens is 345 g/mol. The SMILES string of the molecule is Cc1cc(N2CCC(OP(=O)(O)OC(=O)C[N+](C)(C)C)C2)ccc1N. The summed E-state index contributed by atoms with van der Waals surface area (Å²) >= 11 is 0. The number of anilines is 2. The number of benzene rings is 1. The van der Waals surface area contributed by atoms with Gasteiger partial charge in [0.25, 0.3) is 0 Å². The third kappa shape index (κ3) is 6.01. The predicted octanol–water partition coefficient (Wildman–Crippen LogP) is 1.52. The van der Waals surface area contributed by atoms with Crippen molar-refractivity contribution in [1.82, 2.24) is 0 Å². The second-order valence-corrected chi connectivity index (χ2v) is 8.71. The molecule has 1 saturated heterocycles. The Hall–Kier alpha value is -1.60. The topological polar surface area (TPSA) is 102 Å². The quantitative estimate of drug-likeness (QED) is 0.443. The Morgan fingerprint density at radius 3 is 2.72 bits per heavy atom. The van der Waals surface area contributed by atoms with Gasteiger partial charge in [0.1, 0.15) is 0 Å². The first-order valence-corrected chi connectivity index (χ1v) is 9.60. The van der Waals surface area contributed by atoms with Crippen LogP contribution < -0.4 is 10.6 Å². The van der Waals surface area contributed by atoms with Crippen LogP contribution in [0.5, 0.6) is 0 Å². The zero-order valence-electron chi connectivity index (χ0n) is 15.1. The Morgan fingerprint density at radius 1 is 1.44 bits per heavy atom. The molecule has 1 aromatic rings. The van der Waals surface area contributed by atoms with Crippen molar-refractivity contribution in [2.24, 2.45) is 0 Å². The number of hydrogen-bond donors (Lipinski definition) is 2. The van der Waals surface area contributed by atoms with Gasteiger partial charge in [0.05, 0.1) is 27.2 Å². The molecule has 0 amide bonds. The monoisotopic (exact) mass is 372 g/mol.